The predicted octanol–water partition coefficient (Wildman–Crippen LogP) is 5.53. The highest BCUT2D eigenvalue weighted by Crippen LogP contribution is 2.45. The van der Waals surface area contributed by atoms with Crippen LogP contribution in [-0.2, 0) is 9.59 Å². The van der Waals surface area contributed by atoms with E-state index in [1.54, 1.807) is 12.1 Å². The zero-order valence-corrected chi connectivity index (χ0v) is 22.7. The van der Waals surface area contributed by atoms with Crippen molar-refractivity contribution in [3.8, 4) is 11.5 Å². The number of methoxy groups -OCH3 is 2. The van der Waals surface area contributed by atoms with Crippen LogP contribution in [0.15, 0.2) is 35.9 Å². The lowest BCUT2D eigenvalue weighted by molar-refractivity contribution is -0.122. The van der Waals surface area contributed by atoms with Crippen LogP contribution in [-0.4, -0.2) is 44.1 Å². The molecule has 1 unspecified atom stereocenters. The molecule has 0 radical (unpaired) electrons. The van der Waals surface area contributed by atoms with E-state index in [0.29, 0.717) is 16.3 Å². The second-order valence-electron chi connectivity index (χ2n) is 10.00. The molecule has 0 bridgehead atoms. The molecule has 1 N–H and O–H groups in total. The number of carbonyl (C=O) groups is 3. The summed E-state index contributed by atoms with van der Waals surface area (Å²) in [5.74, 6) is -0.560. The van der Waals surface area contributed by atoms with E-state index in [4.69, 9.17) is 21.1 Å². The van der Waals surface area contributed by atoms with Crippen molar-refractivity contribution in [2.24, 2.45) is 0 Å². The normalized spacial score (nSPS) is 20.1. The number of anilines is 2. The Morgan fingerprint density at radius 3 is 2.49 bits per heavy atom. The average Bonchev–Trinajstić information content (AvgIpc) is 2.84. The number of hydrogen-bond acceptors (Lipinski definition) is 6. The maximum absolute atomic E-state index is 13.5. The summed E-state index contributed by atoms with van der Waals surface area (Å²) in [6.07, 6.45) is 3.40. The van der Waals surface area contributed by atoms with Crippen LogP contribution in [0.3, 0.4) is 0 Å². The first kappa shape index (κ1) is 26.5. The predicted molar refractivity (Wildman–Crippen MR) is 145 cm³/mol. The summed E-state index contributed by atoms with van der Waals surface area (Å²) in [7, 11) is 2.92. The Morgan fingerprint density at radius 1 is 1.11 bits per heavy atom. The minimum Gasteiger partial charge on any atom is -0.497 e. The second-order valence-corrected chi connectivity index (χ2v) is 10.4. The number of rotatable bonds is 6. The summed E-state index contributed by atoms with van der Waals surface area (Å²) < 4.78 is 10.6. The standard InChI is InChI=1S/C28H32ClN3O5/c1-7-10-31-23-14-21(29)17(11-19(23)16(2)15-28(31,3)4)12-20-25(33)30-27(35)32(26(20)34)22-9-8-18(36-5)13-24(22)37-6/h8-9,11-14,16H,7,10,15H2,1-6H3,(H,30,33,35)/b20-12-. The zero-order chi connectivity index (χ0) is 27.1. The van der Waals surface area contributed by atoms with Gasteiger partial charge in [0.2, 0.25) is 0 Å². The molecule has 0 spiro atoms. The van der Waals surface area contributed by atoms with E-state index in [1.165, 1.54) is 26.4 Å². The number of benzene rings is 2. The Balaban J connectivity index is 1.78. The first-order valence-corrected chi connectivity index (χ1v) is 12.6. The molecule has 2 aliphatic heterocycles. The third kappa shape index (κ3) is 4.78. The Morgan fingerprint density at radius 2 is 1.84 bits per heavy atom. The van der Waals surface area contributed by atoms with Crippen molar-refractivity contribution in [3.05, 3.63) is 52.1 Å². The van der Waals surface area contributed by atoms with Gasteiger partial charge in [-0.25, -0.2) is 9.69 Å². The minimum absolute atomic E-state index is 0.0246. The summed E-state index contributed by atoms with van der Waals surface area (Å²) in [4.78, 5) is 42.3. The van der Waals surface area contributed by atoms with Gasteiger partial charge in [0.25, 0.3) is 11.8 Å². The SMILES string of the molecule is CCCN1c2cc(Cl)c(/C=C3/C(=O)NC(=O)N(c4ccc(OC)cc4OC)C3=O)cc2C(C)CC1(C)C. The molecule has 2 aliphatic rings. The van der Waals surface area contributed by atoms with E-state index in [-0.39, 0.29) is 28.5 Å². The van der Waals surface area contributed by atoms with Crippen molar-refractivity contribution in [1.82, 2.24) is 5.32 Å². The molecule has 196 valence electrons. The van der Waals surface area contributed by atoms with Gasteiger partial charge in [-0.2, -0.15) is 0 Å². The number of ether oxygens (including phenoxy) is 2. The van der Waals surface area contributed by atoms with Gasteiger partial charge in [-0.15, -0.1) is 0 Å². The van der Waals surface area contributed by atoms with E-state index in [0.717, 1.165) is 35.5 Å². The molecule has 1 saturated heterocycles. The number of nitrogens with zero attached hydrogens (tertiary/aromatic N) is 2. The second kappa shape index (κ2) is 10.1. The fourth-order valence-electron chi connectivity index (χ4n) is 5.28. The number of amides is 4. The van der Waals surface area contributed by atoms with Gasteiger partial charge in [0.15, 0.2) is 0 Å². The number of halogens is 1. The van der Waals surface area contributed by atoms with E-state index >= 15 is 0 Å². The number of urea groups is 1. The highest BCUT2D eigenvalue weighted by atomic mass is 35.5. The summed E-state index contributed by atoms with van der Waals surface area (Å²) in [5, 5.41) is 2.67. The molecule has 0 aromatic heterocycles. The van der Waals surface area contributed by atoms with E-state index in [9.17, 15) is 14.4 Å². The van der Waals surface area contributed by atoms with Gasteiger partial charge in [0.1, 0.15) is 17.1 Å². The van der Waals surface area contributed by atoms with Crippen LogP contribution in [0.5, 0.6) is 11.5 Å². The van der Waals surface area contributed by atoms with Crippen molar-refractivity contribution >= 4 is 46.9 Å². The lowest BCUT2D eigenvalue weighted by Crippen LogP contribution is -2.54. The quantitative estimate of drug-likeness (QED) is 0.394. The van der Waals surface area contributed by atoms with Gasteiger partial charge in [0, 0.05) is 28.9 Å². The van der Waals surface area contributed by atoms with Gasteiger partial charge >= 0.3 is 6.03 Å². The van der Waals surface area contributed by atoms with Gasteiger partial charge < -0.3 is 14.4 Å². The summed E-state index contributed by atoms with van der Waals surface area (Å²) in [6.45, 7) is 9.67. The number of hydrogen-bond donors (Lipinski definition) is 1. The maximum atomic E-state index is 13.5. The third-order valence-electron chi connectivity index (χ3n) is 6.98. The molecule has 1 atom stereocenters. The molecule has 0 saturated carbocycles. The number of carbonyl (C=O) groups excluding carboxylic acids is 3. The smallest absolute Gasteiger partial charge is 0.336 e. The van der Waals surface area contributed by atoms with Gasteiger partial charge in [-0.1, -0.05) is 25.4 Å². The molecule has 2 aromatic rings. The summed E-state index contributed by atoms with van der Waals surface area (Å²) >= 11 is 6.72. The molecule has 0 aliphatic carbocycles. The van der Waals surface area contributed by atoms with Crippen LogP contribution in [0.25, 0.3) is 6.08 Å². The first-order valence-electron chi connectivity index (χ1n) is 12.3. The van der Waals surface area contributed by atoms with Crippen LogP contribution in [0.2, 0.25) is 5.02 Å². The highest BCUT2D eigenvalue weighted by molar-refractivity contribution is 6.40. The maximum Gasteiger partial charge on any atom is 0.336 e. The molecule has 8 nitrogen and oxygen atoms in total. The molecule has 4 amide bonds. The fourth-order valence-corrected chi connectivity index (χ4v) is 5.49. The van der Waals surface area contributed by atoms with E-state index in [2.05, 4.69) is 37.9 Å². The summed E-state index contributed by atoms with van der Waals surface area (Å²) in [5.41, 5.74) is 2.68. The molecule has 37 heavy (non-hydrogen) atoms. The zero-order valence-electron chi connectivity index (χ0n) is 22.0. The van der Waals surface area contributed by atoms with Crippen molar-refractivity contribution in [3.63, 3.8) is 0 Å². The van der Waals surface area contributed by atoms with E-state index < -0.39 is 17.8 Å². The average molecular weight is 526 g/mol. The molecule has 9 heteroatoms. The van der Waals surface area contributed by atoms with Crippen molar-refractivity contribution in [1.29, 1.82) is 0 Å². The molecule has 4 rings (SSSR count). The summed E-state index contributed by atoms with van der Waals surface area (Å²) in [6, 6.07) is 7.68. The molecular weight excluding hydrogens is 494 g/mol. The Hall–Kier alpha value is -3.52. The number of nitrogens with one attached hydrogen (secondary N) is 1. The molecule has 2 heterocycles. The number of barbiturate groups is 1. The Bertz CT molecular complexity index is 1300. The minimum atomic E-state index is -0.863. The van der Waals surface area contributed by atoms with E-state index in [1.807, 2.05) is 12.1 Å². The number of fused-ring (bicyclic) bond motifs is 1. The van der Waals surface area contributed by atoms with Crippen LogP contribution in [0.4, 0.5) is 16.2 Å². The third-order valence-corrected chi connectivity index (χ3v) is 7.31. The number of imide groups is 2. The molecule has 1 fully saturated rings. The molecule has 2 aromatic carbocycles. The first-order chi connectivity index (χ1) is 17.5. The van der Waals surface area contributed by atoms with Crippen LogP contribution >= 0.6 is 11.6 Å². The monoisotopic (exact) mass is 525 g/mol. The topological polar surface area (TPSA) is 88.2 Å². The van der Waals surface area contributed by atoms with Crippen molar-refractivity contribution < 1.29 is 23.9 Å². The van der Waals surface area contributed by atoms with Crippen LogP contribution in [0, 0.1) is 0 Å². The van der Waals surface area contributed by atoms with Crippen molar-refractivity contribution in [2.45, 2.75) is 52.0 Å². The highest BCUT2D eigenvalue weighted by Gasteiger charge is 2.39. The lowest BCUT2D eigenvalue weighted by Gasteiger charge is -2.47. The largest absolute Gasteiger partial charge is 0.497 e. The Kier molecular flexibility index (Phi) is 7.24. The Labute approximate surface area is 222 Å². The van der Waals surface area contributed by atoms with Crippen LogP contribution < -0.4 is 24.6 Å². The molecular formula is C28H32ClN3O5. The van der Waals surface area contributed by atoms with Gasteiger partial charge in [-0.05, 0) is 74.1 Å². The van der Waals surface area contributed by atoms with Gasteiger partial charge in [-0.3, -0.25) is 14.9 Å². The van der Waals surface area contributed by atoms with Gasteiger partial charge in [0.05, 0.1) is 19.9 Å². The lowest BCUT2D eigenvalue weighted by atomic mass is 9.79. The fraction of sp³-hybridized carbons (Fsp3) is 0.393. The van der Waals surface area contributed by atoms with Crippen molar-refractivity contribution in [2.75, 3.05) is 30.6 Å². The van der Waals surface area contributed by atoms with Crippen LogP contribution in [0.1, 0.15) is 57.6 Å².